The smallest absolute Gasteiger partial charge is 0.307 e. The van der Waals surface area contributed by atoms with E-state index < -0.39 is 5.91 Å². The molecule has 0 aliphatic rings. The molecule has 9 heteroatoms. The van der Waals surface area contributed by atoms with Gasteiger partial charge < -0.3 is 13.9 Å². The van der Waals surface area contributed by atoms with Crippen LogP contribution < -0.4 is 14.9 Å². The lowest BCUT2D eigenvalue weighted by Crippen LogP contribution is -2.16. The maximum Gasteiger partial charge on any atom is 0.307 e. The van der Waals surface area contributed by atoms with Gasteiger partial charge in [-0.15, -0.1) is 0 Å². The highest BCUT2D eigenvalue weighted by Crippen LogP contribution is 2.34. The fourth-order valence-corrected chi connectivity index (χ4v) is 4.25. The molecule has 1 aromatic heterocycles. The molecule has 0 spiro atoms. The van der Waals surface area contributed by atoms with Crippen LogP contribution in [-0.4, -0.2) is 26.3 Å². The monoisotopic (exact) mass is 558 g/mol. The molecule has 1 heterocycles. The Kier molecular flexibility index (Phi) is 6.23. The van der Waals surface area contributed by atoms with Gasteiger partial charge >= 0.3 is 5.91 Å². The van der Waals surface area contributed by atoms with Gasteiger partial charge in [0.25, 0.3) is 0 Å². The van der Waals surface area contributed by atoms with Gasteiger partial charge in [-0.3, -0.25) is 4.79 Å². The van der Waals surface area contributed by atoms with Gasteiger partial charge in [0.1, 0.15) is 5.58 Å². The molecule has 2 aromatic carbocycles. The average molecular weight is 561 g/mol. The van der Waals surface area contributed by atoms with Crippen molar-refractivity contribution in [3.05, 3.63) is 55.1 Å². The van der Waals surface area contributed by atoms with Crippen molar-refractivity contribution in [1.82, 2.24) is 5.43 Å². The van der Waals surface area contributed by atoms with E-state index in [9.17, 15) is 4.79 Å². The SMILES string of the molecule is COc1cc(Br)cc(/C=N\NC(=O)c2cc3cc(Br)cc(Br)c3o2)c1OC. The quantitative estimate of drug-likeness (QED) is 0.330. The number of furan rings is 1. The second kappa shape index (κ2) is 8.45. The van der Waals surface area contributed by atoms with Crippen LogP contribution in [0.15, 0.2) is 53.3 Å². The number of rotatable bonds is 5. The first-order valence-corrected chi connectivity index (χ1v) is 9.94. The summed E-state index contributed by atoms with van der Waals surface area (Å²) in [6.07, 6.45) is 1.47. The summed E-state index contributed by atoms with van der Waals surface area (Å²) in [5.74, 6) is 0.745. The van der Waals surface area contributed by atoms with E-state index in [2.05, 4.69) is 58.3 Å². The normalized spacial score (nSPS) is 11.1. The van der Waals surface area contributed by atoms with Crippen LogP contribution in [0.3, 0.4) is 0 Å². The summed E-state index contributed by atoms with van der Waals surface area (Å²) >= 11 is 10.2. The number of fused-ring (bicyclic) bond motifs is 1. The Bertz CT molecular complexity index is 1050. The van der Waals surface area contributed by atoms with Crippen molar-refractivity contribution < 1.29 is 18.7 Å². The van der Waals surface area contributed by atoms with Gasteiger partial charge in [0.2, 0.25) is 0 Å². The second-order valence-corrected chi connectivity index (χ2v) is 8.03. The number of nitrogens with one attached hydrogen (secondary N) is 1. The number of methoxy groups -OCH3 is 2. The zero-order chi connectivity index (χ0) is 19.6. The van der Waals surface area contributed by atoms with Crippen molar-refractivity contribution in [3.63, 3.8) is 0 Å². The molecule has 0 bridgehead atoms. The van der Waals surface area contributed by atoms with Crippen molar-refractivity contribution in [1.29, 1.82) is 0 Å². The van der Waals surface area contributed by atoms with Crippen molar-refractivity contribution in [2.45, 2.75) is 0 Å². The Morgan fingerprint density at radius 3 is 2.52 bits per heavy atom. The number of benzene rings is 2. The molecule has 3 aromatic rings. The molecule has 0 unspecified atom stereocenters. The van der Waals surface area contributed by atoms with Crippen molar-refractivity contribution in [2.75, 3.05) is 14.2 Å². The lowest BCUT2D eigenvalue weighted by molar-refractivity contribution is 0.0929. The molecule has 0 atom stereocenters. The number of nitrogens with zero attached hydrogens (tertiary/aromatic N) is 1. The first-order chi connectivity index (χ1) is 12.9. The largest absolute Gasteiger partial charge is 0.493 e. The molecule has 0 saturated heterocycles. The summed E-state index contributed by atoms with van der Waals surface area (Å²) in [7, 11) is 3.08. The van der Waals surface area contributed by atoms with Crippen LogP contribution in [0.2, 0.25) is 0 Å². The van der Waals surface area contributed by atoms with E-state index in [-0.39, 0.29) is 5.76 Å². The van der Waals surface area contributed by atoms with Crippen LogP contribution in [0.5, 0.6) is 11.5 Å². The van der Waals surface area contributed by atoms with Gasteiger partial charge in [0, 0.05) is 19.9 Å². The van der Waals surface area contributed by atoms with Gasteiger partial charge in [-0.1, -0.05) is 31.9 Å². The van der Waals surface area contributed by atoms with E-state index in [0.29, 0.717) is 22.6 Å². The van der Waals surface area contributed by atoms with Gasteiger partial charge in [-0.05, 0) is 46.3 Å². The van der Waals surface area contributed by atoms with Gasteiger partial charge in [0.15, 0.2) is 17.3 Å². The predicted molar refractivity (Wildman–Crippen MR) is 114 cm³/mol. The first kappa shape index (κ1) is 19.9. The van der Waals surface area contributed by atoms with Crippen LogP contribution in [0.4, 0.5) is 0 Å². The summed E-state index contributed by atoms with van der Waals surface area (Å²) in [6, 6.07) is 8.94. The van der Waals surface area contributed by atoms with E-state index >= 15 is 0 Å². The molecular formula is C18H13Br3N2O4. The minimum Gasteiger partial charge on any atom is -0.493 e. The van der Waals surface area contributed by atoms with E-state index in [1.807, 2.05) is 12.1 Å². The van der Waals surface area contributed by atoms with Crippen LogP contribution in [-0.2, 0) is 0 Å². The summed E-state index contributed by atoms with van der Waals surface area (Å²) in [6.45, 7) is 0. The molecule has 1 amide bonds. The molecule has 3 rings (SSSR count). The Morgan fingerprint density at radius 2 is 1.81 bits per heavy atom. The number of hydrazone groups is 1. The Morgan fingerprint density at radius 1 is 1.07 bits per heavy atom. The number of halogens is 3. The minimum atomic E-state index is -0.466. The average Bonchev–Trinajstić information content (AvgIpc) is 3.05. The van der Waals surface area contributed by atoms with E-state index in [1.165, 1.54) is 13.3 Å². The molecule has 1 N–H and O–H groups in total. The molecule has 0 saturated carbocycles. The molecule has 0 radical (unpaired) electrons. The highest BCUT2D eigenvalue weighted by molar-refractivity contribution is 9.11. The second-order valence-electron chi connectivity index (χ2n) is 5.35. The summed E-state index contributed by atoms with van der Waals surface area (Å²) < 4.78 is 18.7. The number of hydrogen-bond donors (Lipinski definition) is 1. The van der Waals surface area contributed by atoms with Crippen molar-refractivity contribution in [2.24, 2.45) is 5.10 Å². The summed E-state index contributed by atoms with van der Waals surface area (Å²) in [5.41, 5.74) is 3.68. The van der Waals surface area contributed by atoms with Gasteiger partial charge in [0.05, 0.1) is 24.9 Å². The zero-order valence-electron chi connectivity index (χ0n) is 14.2. The lowest BCUT2D eigenvalue weighted by Gasteiger charge is -2.10. The van der Waals surface area contributed by atoms with Crippen molar-refractivity contribution >= 4 is 70.9 Å². The van der Waals surface area contributed by atoms with Crippen LogP contribution >= 0.6 is 47.8 Å². The van der Waals surface area contributed by atoms with Gasteiger partial charge in [-0.2, -0.15) is 5.10 Å². The van der Waals surface area contributed by atoms with Crippen molar-refractivity contribution in [3.8, 4) is 11.5 Å². The highest BCUT2D eigenvalue weighted by Gasteiger charge is 2.15. The lowest BCUT2D eigenvalue weighted by atomic mass is 10.2. The number of carbonyl (C=O) groups is 1. The fourth-order valence-electron chi connectivity index (χ4n) is 2.46. The van der Waals surface area contributed by atoms with E-state index in [1.54, 1.807) is 25.3 Å². The molecule has 0 fully saturated rings. The van der Waals surface area contributed by atoms with Gasteiger partial charge in [-0.25, -0.2) is 5.43 Å². The molecule has 140 valence electrons. The van der Waals surface area contributed by atoms with Crippen LogP contribution in [0, 0.1) is 0 Å². The number of carbonyl (C=O) groups excluding carboxylic acids is 1. The van der Waals surface area contributed by atoms with Crippen LogP contribution in [0.1, 0.15) is 16.1 Å². The molecule has 0 aliphatic heterocycles. The Balaban J connectivity index is 1.82. The maximum absolute atomic E-state index is 12.3. The predicted octanol–water partition coefficient (Wildman–Crippen LogP) is 5.50. The summed E-state index contributed by atoms with van der Waals surface area (Å²) in [4.78, 5) is 12.3. The highest BCUT2D eigenvalue weighted by atomic mass is 79.9. The third-order valence-corrected chi connectivity index (χ3v) is 5.11. The maximum atomic E-state index is 12.3. The molecule has 27 heavy (non-hydrogen) atoms. The zero-order valence-corrected chi connectivity index (χ0v) is 18.9. The topological polar surface area (TPSA) is 73.1 Å². The molecule has 6 nitrogen and oxygen atoms in total. The minimum absolute atomic E-state index is 0.153. The third-order valence-electron chi connectivity index (χ3n) is 3.60. The van der Waals surface area contributed by atoms with Crippen LogP contribution in [0.25, 0.3) is 11.0 Å². The number of hydrogen-bond acceptors (Lipinski definition) is 5. The molecular weight excluding hydrogens is 548 g/mol. The van der Waals surface area contributed by atoms with E-state index in [4.69, 9.17) is 13.9 Å². The number of ether oxygens (including phenoxy) is 2. The standard InChI is InChI=1S/C18H13Br3N2O4/c1-25-14-7-12(20)4-10(17(14)26-2)8-22-23-18(24)15-5-9-3-11(19)6-13(21)16(9)27-15/h3-8H,1-2H3,(H,23,24)/b22-8-. The first-order valence-electron chi connectivity index (χ1n) is 7.56. The fraction of sp³-hybridized carbons (Fsp3) is 0.111. The Labute approximate surface area is 180 Å². The Hall–Kier alpha value is -1.84. The van der Waals surface area contributed by atoms with E-state index in [0.717, 1.165) is 18.8 Å². The number of amides is 1. The summed E-state index contributed by atoms with van der Waals surface area (Å²) in [5, 5.41) is 4.79. The third kappa shape index (κ3) is 4.36. The molecule has 0 aliphatic carbocycles.